The normalized spacial score (nSPS) is 23.3. The van der Waals surface area contributed by atoms with Gasteiger partial charge < -0.3 is 0 Å². The maximum absolute atomic E-state index is 5.80. The highest BCUT2D eigenvalue weighted by atomic mass is 35.5. The average Bonchev–Trinajstić information content (AvgIpc) is 2.34. The third-order valence-corrected chi connectivity index (χ3v) is 1.88. The Morgan fingerprint density at radius 2 is 2.36 bits per heavy atom. The highest BCUT2D eigenvalue weighted by molar-refractivity contribution is 6.32. The van der Waals surface area contributed by atoms with E-state index < -0.39 is 0 Å². The van der Waals surface area contributed by atoms with E-state index in [1.54, 1.807) is 12.3 Å². The number of allylic oxidation sites excluding steroid dienone is 1. The summed E-state index contributed by atoms with van der Waals surface area (Å²) >= 11 is 11.5. The summed E-state index contributed by atoms with van der Waals surface area (Å²) in [6.45, 7) is 0.387. The van der Waals surface area contributed by atoms with Crippen molar-refractivity contribution in [3.63, 3.8) is 0 Å². The van der Waals surface area contributed by atoms with Crippen molar-refractivity contribution in [3.8, 4) is 0 Å². The van der Waals surface area contributed by atoms with Crippen molar-refractivity contribution in [1.82, 2.24) is 9.54 Å². The molecule has 2 aliphatic rings. The molecule has 2 aliphatic heterocycles. The van der Waals surface area contributed by atoms with Gasteiger partial charge in [-0.3, -0.25) is 0 Å². The number of nitrogens with zero attached hydrogens (tertiary/aromatic N) is 4. The van der Waals surface area contributed by atoms with E-state index in [9.17, 15) is 0 Å². The molecule has 11 heavy (non-hydrogen) atoms. The van der Waals surface area contributed by atoms with Gasteiger partial charge in [-0.25, -0.2) is 15.0 Å². The van der Waals surface area contributed by atoms with Gasteiger partial charge >= 0.3 is 0 Å². The van der Waals surface area contributed by atoms with E-state index in [1.165, 1.54) is 9.54 Å². The molecule has 2 rings (SSSR count). The van der Waals surface area contributed by atoms with Gasteiger partial charge in [-0.1, -0.05) is 11.6 Å². The summed E-state index contributed by atoms with van der Waals surface area (Å²) in [5.41, 5.74) is 0. The van der Waals surface area contributed by atoms with Crippen molar-refractivity contribution in [2.45, 2.75) is 0 Å². The SMILES string of the molecule is ClC1=CC=NC2=NCN(Cl)N12. The van der Waals surface area contributed by atoms with Gasteiger partial charge in [0.05, 0.1) is 0 Å². The van der Waals surface area contributed by atoms with E-state index in [4.69, 9.17) is 23.4 Å². The predicted octanol–water partition coefficient (Wildman–Crippen LogP) is 1.15. The molecule has 0 aromatic heterocycles. The summed E-state index contributed by atoms with van der Waals surface area (Å²) in [4.78, 5) is 7.96. The first-order valence-corrected chi connectivity index (χ1v) is 3.68. The maximum Gasteiger partial charge on any atom is 0.243 e. The molecule has 0 saturated carbocycles. The number of hydrogen-bond acceptors (Lipinski definition) is 4. The highest BCUT2D eigenvalue weighted by Crippen LogP contribution is 2.22. The Morgan fingerprint density at radius 1 is 1.55 bits per heavy atom. The van der Waals surface area contributed by atoms with Crippen LogP contribution in [0.25, 0.3) is 0 Å². The molecule has 0 bridgehead atoms. The Morgan fingerprint density at radius 3 is 3.09 bits per heavy atom. The summed E-state index contributed by atoms with van der Waals surface area (Å²) in [5, 5.41) is 2.04. The number of aliphatic imine (C=N–C) groups is 2. The highest BCUT2D eigenvalue weighted by Gasteiger charge is 2.27. The molecule has 0 aromatic rings. The lowest BCUT2D eigenvalue weighted by Crippen LogP contribution is -2.33. The first-order chi connectivity index (χ1) is 5.29. The van der Waals surface area contributed by atoms with Gasteiger partial charge in [0.15, 0.2) is 0 Å². The lowest BCUT2D eigenvalue weighted by Gasteiger charge is -2.22. The second-order valence-electron chi connectivity index (χ2n) is 2.02. The number of hydrogen-bond donors (Lipinski definition) is 0. The number of fused-ring (bicyclic) bond motifs is 1. The molecule has 6 heteroatoms. The zero-order valence-electron chi connectivity index (χ0n) is 5.41. The third-order valence-electron chi connectivity index (χ3n) is 1.34. The fourth-order valence-corrected chi connectivity index (χ4v) is 1.34. The van der Waals surface area contributed by atoms with E-state index in [0.29, 0.717) is 17.8 Å². The molecule has 0 atom stereocenters. The molecule has 0 amide bonds. The molecule has 0 fully saturated rings. The molecule has 0 radical (unpaired) electrons. The summed E-state index contributed by atoms with van der Waals surface area (Å²) in [7, 11) is 0. The summed E-state index contributed by atoms with van der Waals surface area (Å²) in [5.74, 6) is 0.535. The van der Waals surface area contributed by atoms with Gasteiger partial charge in [0.2, 0.25) is 5.96 Å². The minimum Gasteiger partial charge on any atom is -0.230 e. The Labute approximate surface area is 73.5 Å². The molecule has 0 saturated heterocycles. The summed E-state index contributed by atoms with van der Waals surface area (Å²) in [6, 6.07) is 0. The summed E-state index contributed by atoms with van der Waals surface area (Å²) in [6.07, 6.45) is 3.25. The zero-order chi connectivity index (χ0) is 7.84. The van der Waals surface area contributed by atoms with Crippen molar-refractivity contribution < 1.29 is 0 Å². The van der Waals surface area contributed by atoms with Gasteiger partial charge in [-0.15, -0.1) is 4.53 Å². The van der Waals surface area contributed by atoms with Crippen molar-refractivity contribution in [2.75, 3.05) is 6.67 Å². The van der Waals surface area contributed by atoms with E-state index in [2.05, 4.69) is 9.98 Å². The minimum atomic E-state index is 0.387. The van der Waals surface area contributed by atoms with Gasteiger partial charge in [0.1, 0.15) is 11.8 Å². The van der Waals surface area contributed by atoms with E-state index in [-0.39, 0.29) is 0 Å². The molecule has 2 heterocycles. The fourth-order valence-electron chi connectivity index (χ4n) is 0.880. The second-order valence-corrected chi connectivity index (χ2v) is 2.79. The van der Waals surface area contributed by atoms with Gasteiger partial charge in [-0.05, 0) is 6.08 Å². The zero-order valence-corrected chi connectivity index (χ0v) is 6.92. The largest absolute Gasteiger partial charge is 0.243 e. The van der Waals surface area contributed by atoms with E-state index >= 15 is 0 Å². The molecule has 0 N–H and O–H groups in total. The smallest absolute Gasteiger partial charge is 0.230 e. The maximum atomic E-state index is 5.80. The molecule has 0 aromatic carbocycles. The van der Waals surface area contributed by atoms with E-state index in [1.807, 2.05) is 0 Å². The molecule has 0 unspecified atom stereocenters. The summed E-state index contributed by atoms with van der Waals surface area (Å²) < 4.78 is 1.37. The Balaban J connectivity index is 2.36. The van der Waals surface area contributed by atoms with Crippen molar-refractivity contribution in [1.29, 1.82) is 0 Å². The molecular formula is C5H4Cl2N4. The average molecular weight is 191 g/mol. The van der Waals surface area contributed by atoms with Gasteiger partial charge in [0, 0.05) is 18.0 Å². The van der Waals surface area contributed by atoms with Crippen LogP contribution >= 0.6 is 23.4 Å². The molecule has 4 nitrogen and oxygen atoms in total. The van der Waals surface area contributed by atoms with Crippen LogP contribution in [0, 0.1) is 0 Å². The Kier molecular flexibility index (Phi) is 1.60. The lowest BCUT2D eigenvalue weighted by molar-refractivity contribution is 0.245. The minimum absolute atomic E-state index is 0.387. The first kappa shape index (κ1) is 7.09. The third kappa shape index (κ3) is 1.03. The Hall–Kier alpha value is -0.580. The second kappa shape index (κ2) is 2.48. The van der Waals surface area contributed by atoms with Gasteiger partial charge in [-0.2, -0.15) is 0 Å². The first-order valence-electron chi connectivity index (χ1n) is 2.97. The predicted molar refractivity (Wildman–Crippen MR) is 44.3 cm³/mol. The number of rotatable bonds is 0. The molecule has 0 spiro atoms. The van der Waals surface area contributed by atoms with Gasteiger partial charge in [0.25, 0.3) is 0 Å². The van der Waals surface area contributed by atoms with Crippen LogP contribution < -0.4 is 0 Å². The quantitative estimate of drug-likeness (QED) is 0.424. The van der Waals surface area contributed by atoms with Crippen LogP contribution in [0.5, 0.6) is 0 Å². The van der Waals surface area contributed by atoms with Crippen LogP contribution in [-0.4, -0.2) is 28.4 Å². The van der Waals surface area contributed by atoms with Crippen molar-refractivity contribution >= 4 is 35.6 Å². The molecule has 0 aliphatic carbocycles. The number of halogens is 2. The standard InChI is InChI=1S/C5H4Cl2N4/c6-4-1-2-8-5-9-3-10(7)11(4)5/h1-2H,3H2. The lowest BCUT2D eigenvalue weighted by atomic mass is 10.6. The molecular weight excluding hydrogens is 187 g/mol. The monoisotopic (exact) mass is 190 g/mol. The van der Waals surface area contributed by atoms with Crippen LogP contribution in [0.1, 0.15) is 0 Å². The van der Waals surface area contributed by atoms with Crippen molar-refractivity contribution in [3.05, 3.63) is 11.2 Å². The molecule has 58 valence electrons. The van der Waals surface area contributed by atoms with Crippen LogP contribution in [0.15, 0.2) is 21.2 Å². The number of hydrazine groups is 1. The van der Waals surface area contributed by atoms with Crippen LogP contribution in [0.3, 0.4) is 0 Å². The van der Waals surface area contributed by atoms with Crippen LogP contribution in [-0.2, 0) is 0 Å². The topological polar surface area (TPSA) is 31.2 Å². The number of guanidine groups is 1. The fraction of sp³-hybridized carbons (Fsp3) is 0.200. The van der Waals surface area contributed by atoms with E-state index in [0.717, 1.165) is 0 Å². The van der Waals surface area contributed by atoms with Crippen LogP contribution in [0.4, 0.5) is 0 Å². The Bertz CT molecular complexity index is 270. The van der Waals surface area contributed by atoms with Crippen LogP contribution in [0.2, 0.25) is 0 Å². The van der Waals surface area contributed by atoms with Crippen molar-refractivity contribution in [2.24, 2.45) is 9.98 Å².